The first kappa shape index (κ1) is 15.3. The smallest absolute Gasteiger partial charge is 0.224 e. The van der Waals surface area contributed by atoms with E-state index in [4.69, 9.17) is 0 Å². The third-order valence-corrected chi connectivity index (χ3v) is 5.25. The van der Waals surface area contributed by atoms with Gasteiger partial charge in [-0.05, 0) is 31.5 Å². The number of amides is 1. The largest absolute Gasteiger partial charge is 0.332 e. The molecular formula is C18H23N5O. The lowest BCUT2D eigenvalue weighted by Gasteiger charge is -2.25. The average Bonchev–Trinajstić information content (AvgIpc) is 3.18. The zero-order valence-corrected chi connectivity index (χ0v) is 14.2. The van der Waals surface area contributed by atoms with Crippen LogP contribution in [0.1, 0.15) is 29.9 Å². The second-order valence-corrected chi connectivity index (χ2v) is 6.84. The molecule has 0 radical (unpaired) electrons. The van der Waals surface area contributed by atoms with E-state index in [9.17, 15) is 4.79 Å². The second-order valence-electron chi connectivity index (χ2n) is 6.84. The molecule has 2 saturated heterocycles. The number of fused-ring (bicyclic) bond motifs is 1. The third kappa shape index (κ3) is 2.71. The lowest BCUT2D eigenvalue weighted by molar-refractivity contribution is -0.129. The number of carbonyl (C=O) groups is 1. The number of rotatable bonds is 4. The van der Waals surface area contributed by atoms with E-state index in [0.717, 1.165) is 36.6 Å². The van der Waals surface area contributed by atoms with Crippen LogP contribution in [0.4, 0.5) is 0 Å². The molecule has 6 nitrogen and oxygen atoms in total. The predicted octanol–water partition coefficient (Wildman–Crippen LogP) is 1.50. The summed E-state index contributed by atoms with van der Waals surface area (Å²) in [6.07, 6.45) is 3.49. The van der Waals surface area contributed by atoms with Gasteiger partial charge in [-0.15, -0.1) is 0 Å². The van der Waals surface area contributed by atoms with Crippen molar-refractivity contribution in [3.8, 4) is 0 Å². The molecule has 0 bridgehead atoms. The summed E-state index contributed by atoms with van der Waals surface area (Å²) >= 11 is 0. The van der Waals surface area contributed by atoms with Gasteiger partial charge in [0.1, 0.15) is 0 Å². The molecule has 24 heavy (non-hydrogen) atoms. The highest BCUT2D eigenvalue weighted by Crippen LogP contribution is 2.34. The summed E-state index contributed by atoms with van der Waals surface area (Å²) in [5.41, 5.74) is 3.18. The number of likely N-dealkylation sites (tertiary alicyclic amines) is 2. The van der Waals surface area contributed by atoms with Crippen molar-refractivity contribution in [2.24, 2.45) is 7.05 Å². The van der Waals surface area contributed by atoms with Crippen LogP contribution in [-0.4, -0.2) is 49.1 Å². The molecule has 4 heterocycles. The number of hydrogen-bond acceptors (Lipinski definition) is 4. The Bertz CT molecular complexity index is 741. The summed E-state index contributed by atoms with van der Waals surface area (Å²) < 4.78 is 1.89. The molecule has 2 aliphatic rings. The Kier molecular flexibility index (Phi) is 3.84. The Hall–Kier alpha value is -2.21. The number of aryl methyl sites for hydroxylation is 2. The van der Waals surface area contributed by atoms with Crippen molar-refractivity contribution in [2.45, 2.75) is 44.9 Å². The summed E-state index contributed by atoms with van der Waals surface area (Å²) in [7, 11) is 1.95. The van der Waals surface area contributed by atoms with Crippen molar-refractivity contribution in [1.29, 1.82) is 0 Å². The SMILES string of the molecule is Cc1cc(CN2C(=O)C[C@H]3[C@@H]2CCN3Cc2ccccn2)n(C)n1. The number of hydrogen-bond donors (Lipinski definition) is 0. The number of pyridine rings is 1. The Balaban J connectivity index is 1.48. The Morgan fingerprint density at radius 2 is 2.12 bits per heavy atom. The molecule has 0 aliphatic carbocycles. The Morgan fingerprint density at radius 3 is 2.83 bits per heavy atom. The minimum Gasteiger partial charge on any atom is -0.332 e. The van der Waals surface area contributed by atoms with Crippen LogP contribution in [-0.2, 0) is 24.9 Å². The summed E-state index contributed by atoms with van der Waals surface area (Å²) in [6, 6.07) is 8.71. The van der Waals surface area contributed by atoms with E-state index >= 15 is 0 Å². The Labute approximate surface area is 142 Å². The van der Waals surface area contributed by atoms with Gasteiger partial charge in [0.05, 0.1) is 23.6 Å². The maximum Gasteiger partial charge on any atom is 0.224 e. The zero-order chi connectivity index (χ0) is 16.7. The van der Waals surface area contributed by atoms with Crippen molar-refractivity contribution >= 4 is 5.91 Å². The van der Waals surface area contributed by atoms with Gasteiger partial charge in [0.15, 0.2) is 0 Å². The van der Waals surface area contributed by atoms with Gasteiger partial charge < -0.3 is 4.90 Å². The summed E-state index contributed by atoms with van der Waals surface area (Å²) in [5.74, 6) is 0.259. The molecule has 2 aliphatic heterocycles. The van der Waals surface area contributed by atoms with E-state index in [1.165, 1.54) is 0 Å². The first-order valence-corrected chi connectivity index (χ1v) is 8.55. The van der Waals surface area contributed by atoms with Crippen LogP contribution in [0.5, 0.6) is 0 Å². The third-order valence-electron chi connectivity index (χ3n) is 5.25. The molecule has 2 aromatic heterocycles. The number of carbonyl (C=O) groups excluding carboxylic acids is 1. The number of nitrogens with zero attached hydrogens (tertiary/aromatic N) is 5. The maximum absolute atomic E-state index is 12.6. The van der Waals surface area contributed by atoms with Crippen LogP contribution in [0.3, 0.4) is 0 Å². The highest BCUT2D eigenvalue weighted by molar-refractivity contribution is 5.80. The molecule has 1 amide bonds. The quantitative estimate of drug-likeness (QED) is 0.855. The fourth-order valence-electron chi connectivity index (χ4n) is 4.10. The first-order chi connectivity index (χ1) is 11.6. The fraction of sp³-hybridized carbons (Fsp3) is 0.500. The van der Waals surface area contributed by atoms with E-state index in [1.807, 2.05) is 37.0 Å². The van der Waals surface area contributed by atoms with Crippen LogP contribution in [0.25, 0.3) is 0 Å². The van der Waals surface area contributed by atoms with Crippen molar-refractivity contribution in [3.63, 3.8) is 0 Å². The first-order valence-electron chi connectivity index (χ1n) is 8.55. The van der Waals surface area contributed by atoms with E-state index in [1.54, 1.807) is 0 Å². The topological polar surface area (TPSA) is 54.3 Å². The molecular weight excluding hydrogens is 302 g/mol. The van der Waals surface area contributed by atoms with Gasteiger partial charge in [-0.1, -0.05) is 6.07 Å². The molecule has 0 aromatic carbocycles. The normalized spacial score (nSPS) is 23.9. The maximum atomic E-state index is 12.6. The number of aromatic nitrogens is 3. The second kappa shape index (κ2) is 6.02. The Morgan fingerprint density at radius 1 is 1.25 bits per heavy atom. The van der Waals surface area contributed by atoms with E-state index in [-0.39, 0.29) is 5.91 Å². The van der Waals surface area contributed by atoms with Gasteiger partial charge in [0.2, 0.25) is 5.91 Å². The summed E-state index contributed by atoms with van der Waals surface area (Å²) in [4.78, 5) is 21.5. The highest BCUT2D eigenvalue weighted by Gasteiger charge is 2.46. The minimum absolute atomic E-state index is 0.259. The van der Waals surface area contributed by atoms with E-state index in [2.05, 4.69) is 32.0 Å². The molecule has 0 saturated carbocycles. The van der Waals surface area contributed by atoms with E-state index in [0.29, 0.717) is 25.0 Å². The molecule has 0 spiro atoms. The van der Waals surface area contributed by atoms with Gasteiger partial charge in [0.25, 0.3) is 0 Å². The molecule has 0 N–H and O–H groups in total. The molecule has 0 unspecified atom stereocenters. The van der Waals surface area contributed by atoms with Crippen LogP contribution < -0.4 is 0 Å². The van der Waals surface area contributed by atoms with Crippen molar-refractivity contribution < 1.29 is 4.79 Å². The molecule has 6 heteroatoms. The van der Waals surface area contributed by atoms with Gasteiger partial charge in [0, 0.05) is 44.8 Å². The van der Waals surface area contributed by atoms with Crippen molar-refractivity contribution in [1.82, 2.24) is 24.6 Å². The predicted molar refractivity (Wildman–Crippen MR) is 90.0 cm³/mol. The summed E-state index contributed by atoms with van der Waals surface area (Å²) in [5, 5.41) is 4.39. The average molecular weight is 325 g/mol. The molecule has 126 valence electrons. The molecule has 2 atom stereocenters. The van der Waals surface area contributed by atoms with Crippen LogP contribution in [0, 0.1) is 6.92 Å². The van der Waals surface area contributed by atoms with Crippen LogP contribution in [0.15, 0.2) is 30.5 Å². The standard InChI is InChI=1S/C18H23N5O/c1-13-9-15(21(2)20-13)12-23-16-6-8-22(17(16)10-18(23)24)11-14-5-3-4-7-19-14/h3-5,7,9,16-17H,6,8,10-12H2,1-2H3/t16-,17-/m0/s1. The molecule has 2 aromatic rings. The molecule has 4 rings (SSSR count). The van der Waals surface area contributed by atoms with Crippen LogP contribution >= 0.6 is 0 Å². The van der Waals surface area contributed by atoms with Crippen molar-refractivity contribution in [2.75, 3.05) is 6.54 Å². The minimum atomic E-state index is 0.259. The molecule has 2 fully saturated rings. The van der Waals surface area contributed by atoms with Gasteiger partial charge in [-0.25, -0.2) is 0 Å². The van der Waals surface area contributed by atoms with Crippen LogP contribution in [0.2, 0.25) is 0 Å². The highest BCUT2D eigenvalue weighted by atomic mass is 16.2. The van der Waals surface area contributed by atoms with E-state index < -0.39 is 0 Å². The van der Waals surface area contributed by atoms with Gasteiger partial charge in [-0.3, -0.25) is 19.4 Å². The summed E-state index contributed by atoms with van der Waals surface area (Å²) in [6.45, 7) is 4.51. The van der Waals surface area contributed by atoms with Crippen molar-refractivity contribution in [3.05, 3.63) is 47.5 Å². The van der Waals surface area contributed by atoms with Gasteiger partial charge in [-0.2, -0.15) is 5.10 Å². The van der Waals surface area contributed by atoms with Gasteiger partial charge >= 0.3 is 0 Å². The zero-order valence-electron chi connectivity index (χ0n) is 14.2. The monoisotopic (exact) mass is 325 g/mol. The fourth-order valence-corrected chi connectivity index (χ4v) is 4.10. The lowest BCUT2D eigenvalue weighted by atomic mass is 10.1. The lowest BCUT2D eigenvalue weighted by Crippen LogP contribution is -2.37.